The summed E-state index contributed by atoms with van der Waals surface area (Å²) in [5.41, 5.74) is 1.46. The molecule has 0 bridgehead atoms. The van der Waals surface area contributed by atoms with Gasteiger partial charge in [-0.15, -0.1) is 0 Å². The summed E-state index contributed by atoms with van der Waals surface area (Å²) in [6, 6.07) is 8.00. The second kappa shape index (κ2) is 5.63. The van der Waals surface area contributed by atoms with E-state index < -0.39 is 0 Å². The molecule has 1 aliphatic carbocycles. The first-order valence-corrected chi connectivity index (χ1v) is 7.69. The summed E-state index contributed by atoms with van der Waals surface area (Å²) in [6.45, 7) is 0.796. The molecule has 1 N–H and O–H groups in total. The molecule has 106 valence electrons. The first kappa shape index (κ1) is 13.7. The van der Waals surface area contributed by atoms with Gasteiger partial charge in [-0.05, 0) is 37.8 Å². The smallest absolute Gasteiger partial charge is 0.101 e. The minimum Gasteiger partial charge on any atom is -0.380 e. The number of nitrogens with one attached hydrogen (secondary N) is 1. The number of hydrogen-bond acceptors (Lipinski definition) is 3. The Hall–Kier alpha value is -1.24. The van der Waals surface area contributed by atoms with Gasteiger partial charge in [-0.1, -0.05) is 30.5 Å². The van der Waals surface area contributed by atoms with E-state index in [2.05, 4.69) is 11.4 Å². The molecule has 3 nitrogen and oxygen atoms in total. The van der Waals surface area contributed by atoms with E-state index >= 15 is 0 Å². The third kappa shape index (κ3) is 2.63. The molecule has 1 spiro atoms. The molecule has 2 aliphatic rings. The van der Waals surface area contributed by atoms with Gasteiger partial charge < -0.3 is 10.1 Å². The summed E-state index contributed by atoms with van der Waals surface area (Å²) in [6.07, 6.45) is 6.85. The van der Waals surface area contributed by atoms with Gasteiger partial charge in [0.25, 0.3) is 0 Å². The van der Waals surface area contributed by atoms with E-state index in [1.165, 1.54) is 25.7 Å². The molecule has 1 aliphatic heterocycles. The van der Waals surface area contributed by atoms with Crippen LogP contribution in [-0.2, 0) is 4.74 Å². The van der Waals surface area contributed by atoms with Gasteiger partial charge >= 0.3 is 0 Å². The Morgan fingerprint density at radius 1 is 1.35 bits per heavy atom. The first-order chi connectivity index (χ1) is 9.72. The summed E-state index contributed by atoms with van der Waals surface area (Å²) in [4.78, 5) is 0. The van der Waals surface area contributed by atoms with Crippen molar-refractivity contribution < 1.29 is 4.74 Å². The molecule has 0 radical (unpaired) electrons. The number of halogens is 1. The van der Waals surface area contributed by atoms with Crippen LogP contribution >= 0.6 is 11.6 Å². The first-order valence-electron chi connectivity index (χ1n) is 7.32. The molecule has 1 aromatic carbocycles. The third-order valence-electron chi connectivity index (χ3n) is 4.49. The minimum absolute atomic E-state index is 0.0734. The van der Waals surface area contributed by atoms with Crippen molar-refractivity contribution in [3.8, 4) is 6.07 Å². The van der Waals surface area contributed by atoms with Crippen molar-refractivity contribution in [1.82, 2.24) is 0 Å². The lowest BCUT2D eigenvalue weighted by Crippen LogP contribution is -2.42. The summed E-state index contributed by atoms with van der Waals surface area (Å²) in [5.74, 6) is 0. The summed E-state index contributed by atoms with van der Waals surface area (Å²) >= 11 is 6.23. The maximum Gasteiger partial charge on any atom is 0.101 e. The van der Waals surface area contributed by atoms with Crippen LogP contribution in [0.3, 0.4) is 0 Å². The molecule has 4 heteroatoms. The zero-order valence-electron chi connectivity index (χ0n) is 11.5. The lowest BCUT2D eigenvalue weighted by molar-refractivity contribution is -0.0767. The molecule has 2 fully saturated rings. The van der Waals surface area contributed by atoms with Crippen LogP contribution < -0.4 is 5.32 Å². The maximum atomic E-state index is 9.20. The van der Waals surface area contributed by atoms with Crippen LogP contribution in [0.1, 0.15) is 44.1 Å². The van der Waals surface area contributed by atoms with Crippen LogP contribution in [-0.4, -0.2) is 18.2 Å². The number of para-hydroxylation sites is 1. The normalized spacial score (nSPS) is 24.5. The van der Waals surface area contributed by atoms with Gasteiger partial charge in [-0.2, -0.15) is 5.26 Å². The van der Waals surface area contributed by atoms with Gasteiger partial charge in [0.1, 0.15) is 6.07 Å². The highest BCUT2D eigenvalue weighted by atomic mass is 35.5. The van der Waals surface area contributed by atoms with Crippen LogP contribution in [0, 0.1) is 11.3 Å². The van der Waals surface area contributed by atoms with E-state index in [9.17, 15) is 5.26 Å². The van der Waals surface area contributed by atoms with Crippen molar-refractivity contribution in [2.24, 2.45) is 0 Å². The van der Waals surface area contributed by atoms with Crippen LogP contribution in [0.5, 0.6) is 0 Å². The monoisotopic (exact) mass is 290 g/mol. The van der Waals surface area contributed by atoms with Crippen LogP contribution in [0.15, 0.2) is 18.2 Å². The maximum absolute atomic E-state index is 9.20. The molecule has 3 rings (SSSR count). The molecule has 1 atom stereocenters. The predicted molar refractivity (Wildman–Crippen MR) is 80.0 cm³/mol. The van der Waals surface area contributed by atoms with E-state index in [-0.39, 0.29) is 5.60 Å². The average molecular weight is 291 g/mol. The summed E-state index contributed by atoms with van der Waals surface area (Å²) in [7, 11) is 0. The van der Waals surface area contributed by atoms with Gasteiger partial charge in [0.05, 0.1) is 21.9 Å². The zero-order chi connectivity index (χ0) is 14.0. The Bertz CT molecular complexity index is 532. The number of nitrogens with zero attached hydrogens (tertiary/aromatic N) is 1. The average Bonchev–Trinajstić information content (AvgIpc) is 2.89. The number of ether oxygens (including phenoxy) is 1. The van der Waals surface area contributed by atoms with Crippen LogP contribution in [0.2, 0.25) is 5.02 Å². The number of hydrogen-bond donors (Lipinski definition) is 1. The van der Waals surface area contributed by atoms with Gasteiger partial charge in [0.15, 0.2) is 0 Å². The molecule has 1 aromatic rings. The predicted octanol–water partition coefficient (Wildman–Crippen LogP) is 4.12. The van der Waals surface area contributed by atoms with Crippen molar-refractivity contribution >= 4 is 17.3 Å². The quantitative estimate of drug-likeness (QED) is 0.891. The SMILES string of the molecule is N#Cc1cccc(Cl)c1NC1CCOC2(CCCC2)C1. The molecule has 0 aromatic heterocycles. The fourth-order valence-electron chi connectivity index (χ4n) is 3.49. The number of rotatable bonds is 2. The Kier molecular flexibility index (Phi) is 3.87. The zero-order valence-corrected chi connectivity index (χ0v) is 12.2. The number of anilines is 1. The van der Waals surface area contributed by atoms with Gasteiger partial charge in [-0.25, -0.2) is 0 Å². The molecule has 0 amide bonds. The fourth-order valence-corrected chi connectivity index (χ4v) is 3.72. The summed E-state index contributed by atoms with van der Waals surface area (Å²) in [5, 5.41) is 13.3. The van der Waals surface area contributed by atoms with Crippen LogP contribution in [0.25, 0.3) is 0 Å². The Balaban J connectivity index is 1.76. The van der Waals surface area contributed by atoms with Gasteiger partial charge in [0, 0.05) is 12.6 Å². The molecule has 1 saturated carbocycles. The van der Waals surface area contributed by atoms with Crippen molar-refractivity contribution in [2.45, 2.75) is 50.2 Å². The van der Waals surface area contributed by atoms with Crippen molar-refractivity contribution in [1.29, 1.82) is 5.26 Å². The lowest BCUT2D eigenvalue weighted by atomic mass is 9.88. The van der Waals surface area contributed by atoms with E-state index in [1.54, 1.807) is 6.07 Å². The van der Waals surface area contributed by atoms with Crippen molar-refractivity contribution in [2.75, 3.05) is 11.9 Å². The molecule has 1 heterocycles. The molecule has 20 heavy (non-hydrogen) atoms. The second-order valence-electron chi connectivity index (χ2n) is 5.85. The molecule has 1 saturated heterocycles. The fraction of sp³-hybridized carbons (Fsp3) is 0.562. The van der Waals surface area contributed by atoms with Gasteiger partial charge in [0.2, 0.25) is 0 Å². The second-order valence-corrected chi connectivity index (χ2v) is 6.25. The number of benzene rings is 1. The van der Waals surface area contributed by atoms with Crippen molar-refractivity contribution in [3.63, 3.8) is 0 Å². The summed E-state index contributed by atoms with van der Waals surface area (Å²) < 4.78 is 6.04. The van der Waals surface area contributed by atoms with E-state index in [0.717, 1.165) is 25.1 Å². The molecular formula is C16H19ClN2O. The van der Waals surface area contributed by atoms with E-state index in [0.29, 0.717) is 16.6 Å². The molecule has 1 unspecified atom stereocenters. The van der Waals surface area contributed by atoms with E-state index in [1.807, 2.05) is 12.1 Å². The Morgan fingerprint density at radius 2 is 2.15 bits per heavy atom. The largest absolute Gasteiger partial charge is 0.380 e. The van der Waals surface area contributed by atoms with Crippen molar-refractivity contribution in [3.05, 3.63) is 28.8 Å². The molecular weight excluding hydrogens is 272 g/mol. The third-order valence-corrected chi connectivity index (χ3v) is 4.81. The minimum atomic E-state index is 0.0734. The Morgan fingerprint density at radius 3 is 2.90 bits per heavy atom. The van der Waals surface area contributed by atoms with Crippen LogP contribution in [0.4, 0.5) is 5.69 Å². The Labute approximate surface area is 124 Å². The highest BCUT2D eigenvalue weighted by Gasteiger charge is 2.40. The highest BCUT2D eigenvalue weighted by molar-refractivity contribution is 6.33. The lowest BCUT2D eigenvalue weighted by Gasteiger charge is -2.39. The topological polar surface area (TPSA) is 45.0 Å². The standard InChI is InChI=1S/C16H19ClN2O/c17-14-5-3-4-12(11-18)15(14)19-13-6-9-20-16(10-13)7-1-2-8-16/h3-5,13,19H,1-2,6-10H2. The van der Waals surface area contributed by atoms with Gasteiger partial charge in [-0.3, -0.25) is 0 Å². The number of nitriles is 1. The van der Waals surface area contributed by atoms with E-state index in [4.69, 9.17) is 16.3 Å². The highest BCUT2D eigenvalue weighted by Crippen LogP contribution is 2.41.